The molecule has 0 radical (unpaired) electrons. The Bertz CT molecular complexity index is 1190. The molecule has 0 atom stereocenters. The van der Waals surface area contributed by atoms with Crippen molar-refractivity contribution in [3.8, 4) is 11.6 Å². The SMILES string of the molecule is O=NC(=O)c1cc(C(=O)NCc2ccc3c(c2)NC(=O)CO3)nc2c(O)nnn12. The number of aromatic nitrogens is 4. The maximum absolute atomic E-state index is 12.5. The first-order valence-electron chi connectivity index (χ1n) is 8.13. The van der Waals surface area contributed by atoms with Crippen LogP contribution in [0.5, 0.6) is 11.6 Å². The Morgan fingerprint density at radius 3 is 2.97 bits per heavy atom. The Labute approximate surface area is 160 Å². The van der Waals surface area contributed by atoms with E-state index in [0.29, 0.717) is 17.0 Å². The summed E-state index contributed by atoms with van der Waals surface area (Å²) >= 11 is 0. The fraction of sp³-hybridized carbons (Fsp3) is 0.125. The number of hydrogen-bond acceptors (Lipinski definition) is 9. The number of fused-ring (bicyclic) bond motifs is 2. The molecule has 1 aromatic carbocycles. The molecule has 0 spiro atoms. The van der Waals surface area contributed by atoms with Gasteiger partial charge in [0.1, 0.15) is 17.1 Å². The lowest BCUT2D eigenvalue weighted by Gasteiger charge is -2.18. The minimum Gasteiger partial charge on any atom is -0.489 e. The Morgan fingerprint density at radius 2 is 2.17 bits per heavy atom. The lowest BCUT2D eigenvalue weighted by molar-refractivity contribution is -0.118. The lowest BCUT2D eigenvalue weighted by Crippen LogP contribution is -2.27. The highest BCUT2D eigenvalue weighted by Crippen LogP contribution is 2.28. The summed E-state index contributed by atoms with van der Waals surface area (Å²) in [6.07, 6.45) is 0. The second-order valence-corrected chi connectivity index (χ2v) is 5.92. The van der Waals surface area contributed by atoms with E-state index in [2.05, 4.69) is 31.1 Å². The lowest BCUT2D eigenvalue weighted by atomic mass is 10.1. The van der Waals surface area contributed by atoms with E-state index in [1.54, 1.807) is 18.2 Å². The predicted octanol–water partition coefficient (Wildman–Crippen LogP) is -0.00260. The summed E-state index contributed by atoms with van der Waals surface area (Å²) in [5, 5.41) is 24.1. The number of benzene rings is 1. The molecule has 3 amide bonds. The van der Waals surface area contributed by atoms with Gasteiger partial charge in [0, 0.05) is 17.8 Å². The van der Waals surface area contributed by atoms with Crippen LogP contribution in [0.15, 0.2) is 29.4 Å². The van der Waals surface area contributed by atoms with Crippen LogP contribution in [-0.2, 0) is 11.3 Å². The molecule has 1 aliphatic heterocycles. The van der Waals surface area contributed by atoms with Crippen LogP contribution >= 0.6 is 0 Å². The van der Waals surface area contributed by atoms with Gasteiger partial charge in [-0.15, -0.1) is 4.91 Å². The fourth-order valence-electron chi connectivity index (χ4n) is 2.69. The van der Waals surface area contributed by atoms with Gasteiger partial charge in [-0.05, 0) is 17.7 Å². The highest BCUT2D eigenvalue weighted by molar-refractivity contribution is 5.99. The minimum absolute atomic E-state index is 0.0630. The van der Waals surface area contributed by atoms with Crippen molar-refractivity contribution in [2.24, 2.45) is 5.18 Å². The number of rotatable bonds is 4. The normalized spacial score (nSPS) is 12.6. The van der Waals surface area contributed by atoms with Gasteiger partial charge in [0.15, 0.2) is 6.61 Å². The quantitative estimate of drug-likeness (QED) is 0.511. The highest BCUT2D eigenvalue weighted by atomic mass is 16.5. The Balaban J connectivity index is 1.57. The van der Waals surface area contributed by atoms with Crippen LogP contribution in [0.2, 0.25) is 0 Å². The average molecular weight is 397 g/mol. The smallest absolute Gasteiger partial charge is 0.335 e. The third kappa shape index (κ3) is 3.31. The van der Waals surface area contributed by atoms with Gasteiger partial charge in [-0.2, -0.15) is 4.52 Å². The van der Waals surface area contributed by atoms with Crippen molar-refractivity contribution in [2.75, 3.05) is 11.9 Å². The number of nitroso groups, excluding NO2 is 1. The Kier molecular flexibility index (Phi) is 4.31. The number of ether oxygens (including phenoxy) is 1. The fourth-order valence-corrected chi connectivity index (χ4v) is 2.69. The van der Waals surface area contributed by atoms with E-state index in [-0.39, 0.29) is 36.1 Å². The van der Waals surface area contributed by atoms with Gasteiger partial charge in [0.2, 0.25) is 5.65 Å². The summed E-state index contributed by atoms with van der Waals surface area (Å²) in [7, 11) is 0. The topological polar surface area (TPSA) is 177 Å². The summed E-state index contributed by atoms with van der Waals surface area (Å²) in [4.78, 5) is 50.1. The van der Waals surface area contributed by atoms with E-state index < -0.39 is 17.7 Å². The van der Waals surface area contributed by atoms with Crippen LogP contribution in [-0.4, -0.2) is 49.2 Å². The molecule has 4 rings (SSSR count). The van der Waals surface area contributed by atoms with E-state index in [0.717, 1.165) is 10.6 Å². The third-order valence-corrected chi connectivity index (χ3v) is 4.02. The molecular formula is C16H11N7O6. The van der Waals surface area contributed by atoms with Gasteiger partial charge in [-0.1, -0.05) is 16.4 Å². The molecule has 2 aromatic heterocycles. The van der Waals surface area contributed by atoms with Crippen molar-refractivity contribution in [1.82, 2.24) is 25.1 Å². The van der Waals surface area contributed by atoms with Gasteiger partial charge in [-0.3, -0.25) is 14.4 Å². The zero-order valence-electron chi connectivity index (χ0n) is 14.4. The maximum Gasteiger partial charge on any atom is 0.335 e. The molecule has 3 N–H and O–H groups in total. The van der Waals surface area contributed by atoms with E-state index >= 15 is 0 Å². The van der Waals surface area contributed by atoms with E-state index in [1.165, 1.54) is 0 Å². The van der Waals surface area contributed by atoms with Crippen molar-refractivity contribution in [3.05, 3.63) is 46.1 Å². The molecule has 0 unspecified atom stereocenters. The molecule has 0 fully saturated rings. The van der Waals surface area contributed by atoms with Gasteiger partial charge < -0.3 is 20.5 Å². The number of nitrogens with zero attached hydrogens (tertiary/aromatic N) is 5. The zero-order chi connectivity index (χ0) is 20.5. The summed E-state index contributed by atoms with van der Waals surface area (Å²) in [5.41, 5.74) is 0.225. The molecule has 29 heavy (non-hydrogen) atoms. The number of nitrogens with one attached hydrogen (secondary N) is 2. The van der Waals surface area contributed by atoms with Crippen LogP contribution in [0.3, 0.4) is 0 Å². The predicted molar refractivity (Wildman–Crippen MR) is 94.3 cm³/mol. The van der Waals surface area contributed by atoms with Crippen molar-refractivity contribution in [3.63, 3.8) is 0 Å². The number of amides is 3. The highest BCUT2D eigenvalue weighted by Gasteiger charge is 2.21. The second-order valence-electron chi connectivity index (χ2n) is 5.92. The maximum atomic E-state index is 12.5. The molecule has 13 nitrogen and oxygen atoms in total. The third-order valence-electron chi connectivity index (χ3n) is 4.02. The largest absolute Gasteiger partial charge is 0.489 e. The number of carbonyl (C=O) groups is 3. The van der Waals surface area contributed by atoms with Crippen LogP contribution in [0.1, 0.15) is 26.5 Å². The molecule has 0 saturated carbocycles. The monoisotopic (exact) mass is 397 g/mol. The molecular weight excluding hydrogens is 386 g/mol. The first kappa shape index (κ1) is 18.0. The van der Waals surface area contributed by atoms with Crippen molar-refractivity contribution in [2.45, 2.75) is 6.54 Å². The first-order valence-corrected chi connectivity index (χ1v) is 8.13. The van der Waals surface area contributed by atoms with E-state index in [1.807, 2.05) is 0 Å². The molecule has 3 aromatic rings. The molecule has 0 aliphatic carbocycles. The van der Waals surface area contributed by atoms with E-state index in [4.69, 9.17) is 4.74 Å². The van der Waals surface area contributed by atoms with Crippen LogP contribution in [0, 0.1) is 4.91 Å². The number of aromatic hydroxyl groups is 1. The summed E-state index contributed by atoms with van der Waals surface area (Å²) in [6, 6.07) is 6.01. The van der Waals surface area contributed by atoms with E-state index in [9.17, 15) is 24.4 Å². The van der Waals surface area contributed by atoms with Gasteiger partial charge in [-0.25, -0.2) is 4.98 Å². The van der Waals surface area contributed by atoms with Gasteiger partial charge in [0.25, 0.3) is 17.7 Å². The minimum atomic E-state index is -1.21. The molecule has 0 bridgehead atoms. The Morgan fingerprint density at radius 1 is 1.34 bits per heavy atom. The molecule has 3 heterocycles. The summed E-state index contributed by atoms with van der Waals surface area (Å²) < 4.78 is 6.07. The van der Waals surface area contributed by atoms with Gasteiger partial charge >= 0.3 is 5.91 Å². The van der Waals surface area contributed by atoms with Crippen LogP contribution < -0.4 is 15.4 Å². The molecule has 13 heteroatoms. The summed E-state index contributed by atoms with van der Waals surface area (Å²) in [6.45, 7) is -0.00221. The molecule has 146 valence electrons. The van der Waals surface area contributed by atoms with Crippen molar-refractivity contribution >= 4 is 29.1 Å². The Hall–Kier alpha value is -4.42. The van der Waals surface area contributed by atoms with Crippen LogP contribution in [0.4, 0.5) is 5.69 Å². The van der Waals surface area contributed by atoms with Crippen molar-refractivity contribution in [1.29, 1.82) is 0 Å². The zero-order valence-corrected chi connectivity index (χ0v) is 14.4. The number of anilines is 1. The second kappa shape index (κ2) is 6.95. The standard InChI is InChI=1S/C16H11N7O6/c24-12-6-29-11-2-1-7(3-8(11)18-12)5-17-14(25)9-4-10(15(26)21-28)23-13(19-9)16(27)20-22-23/h1-4,27H,5-6H2,(H,17,25)(H,18,24). The average Bonchev–Trinajstić information content (AvgIpc) is 3.11. The van der Waals surface area contributed by atoms with Crippen LogP contribution in [0.25, 0.3) is 5.65 Å². The first-order chi connectivity index (χ1) is 14.0. The summed E-state index contributed by atoms with van der Waals surface area (Å²) in [5.74, 6) is -2.29. The number of carbonyl (C=O) groups excluding carboxylic acids is 3. The number of hydrogen-bond donors (Lipinski definition) is 3. The van der Waals surface area contributed by atoms with Crippen molar-refractivity contribution < 1.29 is 24.2 Å². The van der Waals surface area contributed by atoms with Gasteiger partial charge in [0.05, 0.1) is 5.69 Å². The molecule has 1 aliphatic rings. The molecule has 0 saturated heterocycles.